The van der Waals surface area contributed by atoms with Crippen molar-refractivity contribution < 1.29 is 9.53 Å². The van der Waals surface area contributed by atoms with Gasteiger partial charge in [0.25, 0.3) is 5.91 Å². The van der Waals surface area contributed by atoms with E-state index in [0.29, 0.717) is 18.8 Å². The number of amides is 1. The van der Waals surface area contributed by atoms with Gasteiger partial charge < -0.3 is 25.7 Å². The number of hydrogen-bond donors (Lipinski definition) is 4. The Morgan fingerprint density at radius 2 is 1.88 bits per heavy atom. The molecule has 0 fully saturated rings. The van der Waals surface area contributed by atoms with E-state index in [4.69, 9.17) is 9.73 Å². The molecule has 0 atom stereocenters. The first-order chi connectivity index (χ1) is 15.6. The zero-order valence-electron chi connectivity index (χ0n) is 19.1. The van der Waals surface area contributed by atoms with Crippen molar-refractivity contribution in [2.75, 3.05) is 26.2 Å². The van der Waals surface area contributed by atoms with E-state index in [0.717, 1.165) is 31.0 Å². The maximum atomic E-state index is 11.6. The number of carbonyl (C=O) groups excluding carboxylic acids is 1. The molecule has 1 aromatic heterocycles. The summed E-state index contributed by atoms with van der Waals surface area (Å²) in [6.45, 7) is 8.77. The van der Waals surface area contributed by atoms with Crippen molar-refractivity contribution in [2.45, 2.75) is 33.7 Å². The van der Waals surface area contributed by atoms with Gasteiger partial charge in [-0.1, -0.05) is 24.3 Å². The zero-order chi connectivity index (χ0) is 22.8. The number of nitrogens with zero attached hydrogens (tertiary/aromatic N) is 1. The van der Waals surface area contributed by atoms with Crippen LogP contribution in [0.15, 0.2) is 53.7 Å². The Morgan fingerprint density at radius 1 is 1.06 bits per heavy atom. The standard InChI is InChI=1S/C25H33N5O2/c1-4-26-23(31)17-32-21-10-7-9-19(14-21)15-30-25(27-5-2)28-13-12-20-16-29-22-11-6-8-18(3)24(20)22/h6-11,14,16,29H,4-5,12-13,15,17H2,1-3H3,(H,26,31)(H2,27,28,30). The first-order valence-corrected chi connectivity index (χ1v) is 11.2. The molecule has 170 valence electrons. The van der Waals surface area contributed by atoms with Gasteiger partial charge in [-0.25, -0.2) is 4.99 Å². The van der Waals surface area contributed by atoms with Gasteiger partial charge in [0.15, 0.2) is 12.6 Å². The molecule has 3 aromatic rings. The molecule has 7 nitrogen and oxygen atoms in total. The van der Waals surface area contributed by atoms with Crippen molar-refractivity contribution in [1.82, 2.24) is 20.9 Å². The summed E-state index contributed by atoms with van der Waals surface area (Å²) < 4.78 is 5.57. The summed E-state index contributed by atoms with van der Waals surface area (Å²) in [5, 5.41) is 10.7. The van der Waals surface area contributed by atoms with Crippen molar-refractivity contribution in [2.24, 2.45) is 4.99 Å². The van der Waals surface area contributed by atoms with Crippen LogP contribution >= 0.6 is 0 Å². The molecule has 3 rings (SSSR count). The number of hydrogen-bond acceptors (Lipinski definition) is 3. The van der Waals surface area contributed by atoms with Gasteiger partial charge >= 0.3 is 0 Å². The van der Waals surface area contributed by atoms with Gasteiger partial charge in [-0.2, -0.15) is 0 Å². The second kappa shape index (κ2) is 11.8. The fourth-order valence-electron chi connectivity index (χ4n) is 3.61. The van der Waals surface area contributed by atoms with Gasteiger partial charge in [-0.3, -0.25) is 4.79 Å². The van der Waals surface area contributed by atoms with Gasteiger partial charge in [0, 0.05) is 36.7 Å². The van der Waals surface area contributed by atoms with E-state index < -0.39 is 0 Å². The van der Waals surface area contributed by atoms with E-state index in [2.05, 4.69) is 59.2 Å². The van der Waals surface area contributed by atoms with Crippen molar-refractivity contribution in [3.8, 4) is 5.75 Å². The van der Waals surface area contributed by atoms with Crippen LogP contribution in [0.3, 0.4) is 0 Å². The topological polar surface area (TPSA) is 90.5 Å². The van der Waals surface area contributed by atoms with Gasteiger partial charge in [0.05, 0.1) is 6.54 Å². The number of rotatable bonds is 10. The Labute approximate surface area is 189 Å². The predicted octanol–water partition coefficient (Wildman–Crippen LogP) is 3.29. The number of aliphatic imine (C=N–C) groups is 1. The minimum Gasteiger partial charge on any atom is -0.484 e. The third-order valence-electron chi connectivity index (χ3n) is 5.09. The lowest BCUT2D eigenvalue weighted by molar-refractivity contribution is -0.122. The maximum Gasteiger partial charge on any atom is 0.257 e. The molecule has 1 heterocycles. The van der Waals surface area contributed by atoms with Crippen molar-refractivity contribution in [3.63, 3.8) is 0 Å². The Hall–Kier alpha value is -3.48. The van der Waals surface area contributed by atoms with Crippen molar-refractivity contribution >= 4 is 22.8 Å². The fraction of sp³-hybridized carbons (Fsp3) is 0.360. The molecule has 0 bridgehead atoms. The van der Waals surface area contributed by atoms with Gasteiger partial charge in [-0.05, 0) is 62.1 Å². The highest BCUT2D eigenvalue weighted by Gasteiger charge is 2.07. The molecular weight excluding hydrogens is 402 g/mol. The van der Waals surface area contributed by atoms with Gasteiger partial charge in [0.2, 0.25) is 0 Å². The van der Waals surface area contributed by atoms with Crippen LogP contribution in [0.5, 0.6) is 5.75 Å². The zero-order valence-corrected chi connectivity index (χ0v) is 19.1. The number of ether oxygens (including phenoxy) is 1. The molecule has 0 aliphatic rings. The molecule has 0 spiro atoms. The van der Waals surface area contributed by atoms with Crippen LogP contribution in [-0.4, -0.2) is 43.1 Å². The van der Waals surface area contributed by atoms with Gasteiger partial charge in [-0.15, -0.1) is 0 Å². The molecule has 2 aromatic carbocycles. The van der Waals surface area contributed by atoms with E-state index in [1.165, 1.54) is 22.0 Å². The summed E-state index contributed by atoms with van der Waals surface area (Å²) in [5.74, 6) is 1.31. The lowest BCUT2D eigenvalue weighted by Crippen LogP contribution is -2.38. The number of fused-ring (bicyclic) bond motifs is 1. The van der Waals surface area contributed by atoms with E-state index in [1.54, 1.807) is 0 Å². The molecule has 0 aliphatic heterocycles. The first-order valence-electron chi connectivity index (χ1n) is 11.2. The van der Waals surface area contributed by atoms with E-state index in [9.17, 15) is 4.79 Å². The number of nitrogens with one attached hydrogen (secondary N) is 4. The van der Waals surface area contributed by atoms with E-state index in [-0.39, 0.29) is 12.5 Å². The number of likely N-dealkylation sites (N-methyl/N-ethyl adjacent to an activating group) is 1. The van der Waals surface area contributed by atoms with Crippen LogP contribution in [0.1, 0.15) is 30.5 Å². The highest BCUT2D eigenvalue weighted by atomic mass is 16.5. The Kier molecular flexibility index (Phi) is 8.54. The minimum atomic E-state index is -0.125. The highest BCUT2D eigenvalue weighted by Crippen LogP contribution is 2.22. The highest BCUT2D eigenvalue weighted by molar-refractivity contribution is 5.86. The van der Waals surface area contributed by atoms with Crippen molar-refractivity contribution in [3.05, 3.63) is 65.4 Å². The number of carbonyl (C=O) groups is 1. The third kappa shape index (κ3) is 6.51. The third-order valence-corrected chi connectivity index (χ3v) is 5.09. The van der Waals surface area contributed by atoms with Crippen LogP contribution in [0.2, 0.25) is 0 Å². The number of H-pyrrole nitrogens is 1. The fourth-order valence-corrected chi connectivity index (χ4v) is 3.61. The van der Waals surface area contributed by atoms with E-state index in [1.807, 2.05) is 31.2 Å². The molecular formula is C25H33N5O2. The maximum absolute atomic E-state index is 11.6. The van der Waals surface area contributed by atoms with Crippen LogP contribution in [0.4, 0.5) is 0 Å². The molecule has 7 heteroatoms. The minimum absolute atomic E-state index is 0.0120. The van der Waals surface area contributed by atoms with Crippen LogP contribution in [0, 0.1) is 6.92 Å². The average Bonchev–Trinajstić information content (AvgIpc) is 3.21. The first kappa shape index (κ1) is 23.2. The molecule has 0 radical (unpaired) electrons. The summed E-state index contributed by atoms with van der Waals surface area (Å²) in [6.07, 6.45) is 2.99. The molecule has 32 heavy (non-hydrogen) atoms. The molecule has 4 N–H and O–H groups in total. The second-order valence-corrected chi connectivity index (χ2v) is 7.57. The Bertz CT molecular complexity index is 1060. The smallest absolute Gasteiger partial charge is 0.257 e. The summed E-state index contributed by atoms with van der Waals surface area (Å²) in [6, 6.07) is 14.0. The monoisotopic (exact) mass is 435 g/mol. The lowest BCUT2D eigenvalue weighted by Gasteiger charge is -2.12. The molecule has 0 aliphatic carbocycles. The molecule has 0 saturated carbocycles. The quantitative estimate of drug-likeness (QED) is 0.291. The number of aryl methyl sites for hydroxylation is 1. The largest absolute Gasteiger partial charge is 0.484 e. The summed E-state index contributed by atoms with van der Waals surface area (Å²) >= 11 is 0. The predicted molar refractivity (Wildman–Crippen MR) is 130 cm³/mol. The van der Waals surface area contributed by atoms with Crippen LogP contribution < -0.4 is 20.7 Å². The van der Waals surface area contributed by atoms with E-state index >= 15 is 0 Å². The summed E-state index contributed by atoms with van der Waals surface area (Å²) in [4.78, 5) is 19.6. The number of guanidine groups is 1. The Morgan fingerprint density at radius 3 is 2.69 bits per heavy atom. The normalized spacial score (nSPS) is 11.4. The van der Waals surface area contributed by atoms with Crippen LogP contribution in [-0.2, 0) is 17.8 Å². The number of benzene rings is 2. The van der Waals surface area contributed by atoms with Gasteiger partial charge in [0.1, 0.15) is 5.75 Å². The average molecular weight is 436 g/mol. The second-order valence-electron chi connectivity index (χ2n) is 7.57. The van der Waals surface area contributed by atoms with Crippen LogP contribution in [0.25, 0.3) is 10.9 Å². The SMILES string of the molecule is CCNC(=O)COc1cccc(CN=C(NCC)NCCc2c[nH]c3cccc(C)c23)c1. The van der Waals surface area contributed by atoms with Crippen molar-refractivity contribution in [1.29, 1.82) is 0 Å². The number of aromatic amines is 1. The molecule has 1 amide bonds. The Balaban J connectivity index is 1.56. The molecule has 0 unspecified atom stereocenters. The summed E-state index contributed by atoms with van der Waals surface area (Å²) in [7, 11) is 0. The summed E-state index contributed by atoms with van der Waals surface area (Å²) in [5.41, 5.74) is 4.78. The lowest BCUT2D eigenvalue weighted by atomic mass is 10.1. The molecule has 0 saturated heterocycles. The number of aromatic nitrogens is 1.